The molecule has 3 heterocycles. The molecule has 0 saturated heterocycles. The third-order valence-corrected chi connectivity index (χ3v) is 5.42. The van der Waals surface area contributed by atoms with Crippen molar-refractivity contribution >= 4 is 27.8 Å². The van der Waals surface area contributed by atoms with Crippen molar-refractivity contribution in [3.8, 4) is 0 Å². The summed E-state index contributed by atoms with van der Waals surface area (Å²) in [5.41, 5.74) is 4.23. The molecule has 1 N–H and O–H groups in total. The van der Waals surface area contributed by atoms with Crippen LogP contribution in [0.15, 0.2) is 50.3 Å². The number of aromatic nitrogens is 1. The van der Waals surface area contributed by atoms with E-state index in [2.05, 4.69) is 10.3 Å². The Bertz CT molecular complexity index is 1270. The maximum absolute atomic E-state index is 12.5. The predicted octanol–water partition coefficient (Wildman–Crippen LogP) is 4.11. The van der Waals surface area contributed by atoms with Gasteiger partial charge in [0.25, 0.3) is 0 Å². The lowest BCUT2D eigenvalue weighted by molar-refractivity contribution is -0.121. The Labute approximate surface area is 167 Å². The lowest BCUT2D eigenvalue weighted by atomic mass is 10.0. The van der Waals surface area contributed by atoms with Crippen molar-refractivity contribution in [2.75, 3.05) is 0 Å². The third kappa shape index (κ3) is 3.66. The molecule has 0 aliphatic carbocycles. The molecule has 1 amide bonds. The molecule has 0 atom stereocenters. The highest BCUT2D eigenvalue weighted by atomic mass is 16.4. The second-order valence-electron chi connectivity index (χ2n) is 7.25. The number of benzene rings is 1. The van der Waals surface area contributed by atoms with Crippen LogP contribution in [-0.2, 0) is 17.8 Å². The topological polar surface area (TPSA) is 85.3 Å². The van der Waals surface area contributed by atoms with Gasteiger partial charge in [-0.1, -0.05) is 0 Å². The summed E-state index contributed by atoms with van der Waals surface area (Å²) >= 11 is 0. The van der Waals surface area contributed by atoms with Crippen molar-refractivity contribution in [3.05, 3.63) is 75.1 Å². The summed E-state index contributed by atoms with van der Waals surface area (Å²) in [6.07, 6.45) is 3.92. The second kappa shape index (κ2) is 7.54. The van der Waals surface area contributed by atoms with Gasteiger partial charge in [-0.05, 0) is 62.1 Å². The Morgan fingerprint density at radius 1 is 1.00 bits per heavy atom. The van der Waals surface area contributed by atoms with Gasteiger partial charge in [0.2, 0.25) is 5.91 Å². The lowest BCUT2D eigenvalue weighted by Gasteiger charge is -2.09. The normalized spacial score (nSPS) is 11.3. The van der Waals surface area contributed by atoms with Gasteiger partial charge in [0.05, 0.1) is 0 Å². The summed E-state index contributed by atoms with van der Waals surface area (Å²) < 4.78 is 11.3. The fourth-order valence-electron chi connectivity index (χ4n) is 3.54. The van der Waals surface area contributed by atoms with Crippen molar-refractivity contribution in [1.82, 2.24) is 10.3 Å². The number of fused-ring (bicyclic) bond motifs is 2. The van der Waals surface area contributed by atoms with E-state index in [9.17, 15) is 9.59 Å². The van der Waals surface area contributed by atoms with Gasteiger partial charge in [-0.25, -0.2) is 4.79 Å². The number of nitrogens with zero attached hydrogens (tertiary/aromatic N) is 1. The molecule has 29 heavy (non-hydrogen) atoms. The van der Waals surface area contributed by atoms with E-state index in [1.54, 1.807) is 18.5 Å². The van der Waals surface area contributed by atoms with Gasteiger partial charge >= 0.3 is 5.63 Å². The summed E-state index contributed by atoms with van der Waals surface area (Å²) in [7, 11) is 0. The second-order valence-corrected chi connectivity index (χ2v) is 7.25. The van der Waals surface area contributed by atoms with Crippen LogP contribution in [0.5, 0.6) is 0 Å². The standard InChI is InChI=1S/C23H22N2O4/c1-13-15(3)28-20-11-21-19(10-18(13)20)14(2)17(23(27)29-21)4-5-22(26)25-12-16-6-8-24-9-7-16/h6-11H,4-5,12H2,1-3H3,(H,25,26). The molecule has 4 aromatic rings. The Balaban J connectivity index is 1.56. The van der Waals surface area contributed by atoms with E-state index in [-0.39, 0.29) is 12.3 Å². The zero-order valence-corrected chi connectivity index (χ0v) is 16.7. The first-order valence-electron chi connectivity index (χ1n) is 9.55. The Morgan fingerprint density at radius 3 is 2.45 bits per heavy atom. The largest absolute Gasteiger partial charge is 0.461 e. The minimum Gasteiger partial charge on any atom is -0.461 e. The van der Waals surface area contributed by atoms with E-state index in [1.807, 2.05) is 39.0 Å². The van der Waals surface area contributed by atoms with Crippen LogP contribution in [0.1, 0.15) is 34.4 Å². The fourth-order valence-corrected chi connectivity index (χ4v) is 3.54. The summed E-state index contributed by atoms with van der Waals surface area (Å²) in [6.45, 7) is 6.26. The Morgan fingerprint density at radius 2 is 1.69 bits per heavy atom. The number of furan rings is 1. The summed E-state index contributed by atoms with van der Waals surface area (Å²) in [5, 5.41) is 4.74. The highest BCUT2D eigenvalue weighted by molar-refractivity contribution is 5.96. The van der Waals surface area contributed by atoms with Crippen LogP contribution in [0.3, 0.4) is 0 Å². The average molecular weight is 390 g/mol. The van der Waals surface area contributed by atoms with Crippen molar-refractivity contribution in [1.29, 1.82) is 0 Å². The number of hydrogen-bond acceptors (Lipinski definition) is 5. The van der Waals surface area contributed by atoms with Gasteiger partial charge in [-0.3, -0.25) is 9.78 Å². The van der Waals surface area contributed by atoms with Crippen molar-refractivity contribution in [2.45, 2.75) is 40.2 Å². The van der Waals surface area contributed by atoms with Gasteiger partial charge in [-0.15, -0.1) is 0 Å². The van der Waals surface area contributed by atoms with Gasteiger partial charge in [0.15, 0.2) is 0 Å². The molecule has 0 aliphatic rings. The summed E-state index contributed by atoms with van der Waals surface area (Å²) in [5.74, 6) is 0.735. The molecule has 0 unspecified atom stereocenters. The summed E-state index contributed by atoms with van der Waals surface area (Å²) in [4.78, 5) is 28.7. The van der Waals surface area contributed by atoms with Gasteiger partial charge in [-0.2, -0.15) is 0 Å². The molecule has 6 nitrogen and oxygen atoms in total. The first-order valence-corrected chi connectivity index (χ1v) is 9.55. The minimum absolute atomic E-state index is 0.113. The van der Waals surface area contributed by atoms with Crippen molar-refractivity contribution in [3.63, 3.8) is 0 Å². The highest BCUT2D eigenvalue weighted by Crippen LogP contribution is 2.31. The number of aryl methyl sites for hydroxylation is 3. The average Bonchev–Trinajstić information content (AvgIpc) is 2.99. The third-order valence-electron chi connectivity index (χ3n) is 5.42. The maximum Gasteiger partial charge on any atom is 0.339 e. The van der Waals surface area contributed by atoms with Crippen LogP contribution in [0.25, 0.3) is 21.9 Å². The molecule has 4 rings (SSSR count). The Hall–Kier alpha value is -3.41. The van der Waals surface area contributed by atoms with E-state index in [0.29, 0.717) is 29.7 Å². The van der Waals surface area contributed by atoms with E-state index >= 15 is 0 Å². The molecular formula is C23H22N2O4. The van der Waals surface area contributed by atoms with Crippen LogP contribution in [0, 0.1) is 20.8 Å². The van der Waals surface area contributed by atoms with Gasteiger partial charge in [0.1, 0.15) is 16.9 Å². The molecule has 0 aliphatic heterocycles. The quantitative estimate of drug-likeness (QED) is 0.518. The number of pyridine rings is 1. The summed E-state index contributed by atoms with van der Waals surface area (Å²) in [6, 6.07) is 7.47. The van der Waals surface area contributed by atoms with E-state index in [4.69, 9.17) is 8.83 Å². The zero-order valence-electron chi connectivity index (χ0n) is 16.7. The van der Waals surface area contributed by atoms with E-state index < -0.39 is 5.63 Å². The van der Waals surface area contributed by atoms with Gasteiger partial charge in [0, 0.05) is 47.8 Å². The number of carbonyl (C=O) groups excluding carboxylic acids is 1. The molecule has 0 radical (unpaired) electrons. The molecule has 6 heteroatoms. The van der Waals surface area contributed by atoms with Crippen molar-refractivity contribution in [2.24, 2.45) is 0 Å². The molecule has 0 bridgehead atoms. The molecule has 0 fully saturated rings. The smallest absolute Gasteiger partial charge is 0.339 e. The van der Waals surface area contributed by atoms with E-state index in [0.717, 1.165) is 33.2 Å². The molecule has 3 aromatic heterocycles. The maximum atomic E-state index is 12.5. The SMILES string of the molecule is Cc1oc2cc3oc(=O)c(CCC(=O)NCc4ccncc4)c(C)c3cc2c1C. The first kappa shape index (κ1) is 18.9. The molecule has 1 aromatic carbocycles. The first-order chi connectivity index (χ1) is 13.9. The molecular weight excluding hydrogens is 368 g/mol. The van der Waals surface area contributed by atoms with Gasteiger partial charge < -0.3 is 14.2 Å². The minimum atomic E-state index is -0.406. The van der Waals surface area contributed by atoms with E-state index in [1.165, 1.54) is 0 Å². The predicted molar refractivity (Wildman–Crippen MR) is 111 cm³/mol. The van der Waals surface area contributed by atoms with Crippen LogP contribution in [-0.4, -0.2) is 10.9 Å². The zero-order chi connectivity index (χ0) is 20.5. The number of carbonyl (C=O) groups is 1. The number of hydrogen-bond donors (Lipinski definition) is 1. The van der Waals surface area contributed by atoms with Crippen molar-refractivity contribution < 1.29 is 13.6 Å². The highest BCUT2D eigenvalue weighted by Gasteiger charge is 2.16. The number of amides is 1. The molecule has 0 spiro atoms. The van der Waals surface area contributed by atoms with Crippen LogP contribution in [0.2, 0.25) is 0 Å². The molecule has 0 saturated carbocycles. The van der Waals surface area contributed by atoms with Crippen LogP contribution < -0.4 is 10.9 Å². The number of nitrogens with one attached hydrogen (secondary N) is 1. The lowest BCUT2D eigenvalue weighted by Crippen LogP contribution is -2.24. The van der Waals surface area contributed by atoms with Crippen LogP contribution >= 0.6 is 0 Å². The number of rotatable bonds is 5. The Kier molecular flexibility index (Phi) is 4.92. The fraction of sp³-hybridized carbons (Fsp3) is 0.261. The monoisotopic (exact) mass is 390 g/mol. The molecule has 148 valence electrons. The van der Waals surface area contributed by atoms with Crippen LogP contribution in [0.4, 0.5) is 0 Å².